The molecule has 0 saturated heterocycles. The summed E-state index contributed by atoms with van der Waals surface area (Å²) in [6.45, 7) is -2.48. The molecule has 0 aliphatic rings. The number of alkyl halides is 2. The van der Waals surface area contributed by atoms with Gasteiger partial charge in [0, 0.05) is 10.7 Å². The molecule has 0 aliphatic carbocycles. The van der Waals surface area contributed by atoms with Crippen LogP contribution < -0.4 is 0 Å². The molecule has 1 aromatic carbocycles. The first kappa shape index (κ1) is 8.69. The topological polar surface area (TPSA) is 4.93 Å². The fraction of sp³-hybridized carbons (Fsp3) is 0.111. The number of rotatable bonds is 1. The fourth-order valence-electron chi connectivity index (χ4n) is 1.29. The van der Waals surface area contributed by atoms with E-state index in [1.165, 1.54) is 6.20 Å². The van der Waals surface area contributed by atoms with Gasteiger partial charge in [0.2, 0.25) is 0 Å². The molecular weight excluding hydrogens is 240 g/mol. The summed E-state index contributed by atoms with van der Waals surface area (Å²) in [5, 5.41) is 0.823. The lowest BCUT2D eigenvalue weighted by atomic mass is 10.2. The summed E-state index contributed by atoms with van der Waals surface area (Å²) in [7, 11) is 0. The predicted molar refractivity (Wildman–Crippen MR) is 50.9 cm³/mol. The number of nitrogens with zero attached hydrogens (tertiary/aromatic N) is 1. The van der Waals surface area contributed by atoms with Crippen molar-refractivity contribution in [2.24, 2.45) is 0 Å². The monoisotopic (exact) mass is 245 g/mol. The maximum atomic E-state index is 12.4. The minimum Gasteiger partial charge on any atom is -0.291 e. The first-order chi connectivity index (χ1) is 6.18. The Morgan fingerprint density at radius 2 is 2.00 bits per heavy atom. The molecule has 1 heterocycles. The molecule has 0 bridgehead atoms. The zero-order chi connectivity index (χ0) is 9.42. The molecule has 1 nitrogen and oxygen atoms in total. The van der Waals surface area contributed by atoms with E-state index >= 15 is 0 Å². The highest BCUT2D eigenvalue weighted by atomic mass is 79.9. The summed E-state index contributed by atoms with van der Waals surface area (Å²) in [5.41, 5.74) is 0.546. The molecule has 0 aliphatic heterocycles. The number of fused-ring (bicyclic) bond motifs is 1. The number of benzene rings is 1. The summed E-state index contributed by atoms with van der Waals surface area (Å²) in [5.74, 6) is 0. The molecule has 68 valence electrons. The highest BCUT2D eigenvalue weighted by molar-refractivity contribution is 9.10. The van der Waals surface area contributed by atoms with E-state index in [0.29, 0.717) is 5.52 Å². The second-order valence-electron chi connectivity index (χ2n) is 2.70. The lowest BCUT2D eigenvalue weighted by molar-refractivity contribution is 0.0752. The SMILES string of the molecule is FC(F)n1ccc2ccc(Br)cc21. The van der Waals surface area contributed by atoms with Crippen LogP contribution in [0.15, 0.2) is 34.9 Å². The van der Waals surface area contributed by atoms with Crippen LogP contribution in [0.2, 0.25) is 0 Å². The second kappa shape index (κ2) is 3.10. The summed E-state index contributed by atoms with van der Waals surface area (Å²) < 4.78 is 26.6. The number of aromatic nitrogens is 1. The lowest BCUT2D eigenvalue weighted by Gasteiger charge is -2.02. The zero-order valence-electron chi connectivity index (χ0n) is 6.55. The first-order valence-corrected chi connectivity index (χ1v) is 4.52. The number of halogens is 3. The Kier molecular flexibility index (Phi) is 2.07. The standard InChI is InChI=1S/C9H6BrF2N/c10-7-2-1-6-3-4-13(9(11)12)8(6)5-7/h1-5,9H. The Morgan fingerprint density at radius 3 is 2.69 bits per heavy atom. The molecule has 0 unspecified atom stereocenters. The fourth-order valence-corrected chi connectivity index (χ4v) is 1.64. The van der Waals surface area contributed by atoms with Crippen molar-refractivity contribution < 1.29 is 8.78 Å². The average molecular weight is 246 g/mol. The highest BCUT2D eigenvalue weighted by Crippen LogP contribution is 2.24. The van der Waals surface area contributed by atoms with Gasteiger partial charge in [0.25, 0.3) is 0 Å². The number of hydrogen-bond donors (Lipinski definition) is 0. The van der Waals surface area contributed by atoms with Gasteiger partial charge in [-0.1, -0.05) is 22.0 Å². The Balaban J connectivity index is 2.71. The Bertz CT molecular complexity index is 436. The molecule has 0 spiro atoms. The van der Waals surface area contributed by atoms with Crippen molar-refractivity contribution in [1.82, 2.24) is 4.57 Å². The van der Waals surface area contributed by atoms with Crippen LogP contribution in [0, 0.1) is 0 Å². The van der Waals surface area contributed by atoms with Crippen molar-refractivity contribution in [3.05, 3.63) is 34.9 Å². The van der Waals surface area contributed by atoms with Gasteiger partial charge in [-0.25, -0.2) is 0 Å². The van der Waals surface area contributed by atoms with Gasteiger partial charge in [-0.2, -0.15) is 8.78 Å². The molecule has 1 aromatic heterocycles. The quantitative estimate of drug-likeness (QED) is 0.721. The minimum absolute atomic E-state index is 0.546. The van der Waals surface area contributed by atoms with Gasteiger partial charge in [-0.15, -0.1) is 0 Å². The Labute approximate surface area is 82.1 Å². The highest BCUT2D eigenvalue weighted by Gasteiger charge is 2.08. The molecule has 4 heteroatoms. The van der Waals surface area contributed by atoms with Crippen LogP contribution in [0.5, 0.6) is 0 Å². The van der Waals surface area contributed by atoms with E-state index < -0.39 is 6.55 Å². The van der Waals surface area contributed by atoms with Gasteiger partial charge in [0.15, 0.2) is 0 Å². The molecule has 0 atom stereocenters. The van der Waals surface area contributed by atoms with Gasteiger partial charge in [0.05, 0.1) is 5.52 Å². The average Bonchev–Trinajstić information content (AvgIpc) is 2.46. The summed E-state index contributed by atoms with van der Waals surface area (Å²) in [6.07, 6.45) is 1.39. The van der Waals surface area contributed by atoms with Crippen molar-refractivity contribution >= 4 is 26.8 Å². The zero-order valence-corrected chi connectivity index (χ0v) is 8.13. The molecule has 13 heavy (non-hydrogen) atoms. The van der Waals surface area contributed by atoms with Gasteiger partial charge < -0.3 is 0 Å². The summed E-state index contributed by atoms with van der Waals surface area (Å²) in [4.78, 5) is 0. The van der Waals surface area contributed by atoms with E-state index in [1.54, 1.807) is 18.2 Å². The van der Waals surface area contributed by atoms with Crippen molar-refractivity contribution in [2.45, 2.75) is 6.55 Å². The lowest BCUT2D eigenvalue weighted by Crippen LogP contribution is -1.94. The molecule has 0 amide bonds. The Morgan fingerprint density at radius 1 is 1.23 bits per heavy atom. The summed E-state index contributed by atoms with van der Waals surface area (Å²) >= 11 is 3.24. The molecule has 2 rings (SSSR count). The molecular formula is C9H6BrF2N. The smallest absolute Gasteiger partial charge is 0.291 e. The van der Waals surface area contributed by atoms with E-state index in [0.717, 1.165) is 14.4 Å². The molecule has 2 aromatic rings. The molecule has 0 N–H and O–H groups in total. The molecule has 0 radical (unpaired) electrons. The number of hydrogen-bond acceptors (Lipinski definition) is 0. The van der Waals surface area contributed by atoms with Gasteiger partial charge >= 0.3 is 6.55 Å². The van der Waals surface area contributed by atoms with Crippen molar-refractivity contribution in [1.29, 1.82) is 0 Å². The third kappa shape index (κ3) is 1.46. The van der Waals surface area contributed by atoms with E-state index in [-0.39, 0.29) is 0 Å². The third-order valence-electron chi connectivity index (χ3n) is 1.90. The minimum atomic E-state index is -2.48. The largest absolute Gasteiger partial charge is 0.319 e. The van der Waals surface area contributed by atoms with Gasteiger partial charge in [-0.3, -0.25) is 4.57 Å². The van der Waals surface area contributed by atoms with E-state index in [2.05, 4.69) is 15.9 Å². The van der Waals surface area contributed by atoms with E-state index in [9.17, 15) is 8.78 Å². The van der Waals surface area contributed by atoms with E-state index in [4.69, 9.17) is 0 Å². The van der Waals surface area contributed by atoms with Crippen LogP contribution in [-0.2, 0) is 0 Å². The van der Waals surface area contributed by atoms with Crippen molar-refractivity contribution in [3.63, 3.8) is 0 Å². The third-order valence-corrected chi connectivity index (χ3v) is 2.39. The van der Waals surface area contributed by atoms with Crippen molar-refractivity contribution in [3.8, 4) is 0 Å². The first-order valence-electron chi connectivity index (χ1n) is 3.73. The van der Waals surface area contributed by atoms with Crippen LogP contribution in [0.3, 0.4) is 0 Å². The normalized spacial score (nSPS) is 11.4. The van der Waals surface area contributed by atoms with Crippen molar-refractivity contribution in [2.75, 3.05) is 0 Å². The van der Waals surface area contributed by atoms with Gasteiger partial charge in [0.1, 0.15) is 0 Å². The summed E-state index contributed by atoms with van der Waals surface area (Å²) in [6, 6.07) is 6.99. The maximum Gasteiger partial charge on any atom is 0.319 e. The van der Waals surface area contributed by atoms with E-state index in [1.807, 2.05) is 6.07 Å². The molecule has 0 saturated carbocycles. The Hall–Kier alpha value is -0.900. The maximum absolute atomic E-state index is 12.4. The second-order valence-corrected chi connectivity index (χ2v) is 3.62. The molecule has 0 fully saturated rings. The van der Waals surface area contributed by atoms with Crippen LogP contribution in [0.25, 0.3) is 10.9 Å². The van der Waals surface area contributed by atoms with Crippen LogP contribution in [0.4, 0.5) is 8.78 Å². The predicted octanol–water partition coefficient (Wildman–Crippen LogP) is 3.80. The van der Waals surface area contributed by atoms with Crippen LogP contribution in [-0.4, -0.2) is 4.57 Å². The van der Waals surface area contributed by atoms with Crippen LogP contribution >= 0.6 is 15.9 Å². The van der Waals surface area contributed by atoms with Crippen LogP contribution in [0.1, 0.15) is 6.55 Å². The van der Waals surface area contributed by atoms with Gasteiger partial charge in [-0.05, 0) is 23.6 Å².